The molecule has 0 aliphatic rings. The smallest absolute Gasteiger partial charge is 0.220 e. The summed E-state index contributed by atoms with van der Waals surface area (Å²) in [5.74, 6) is 0.595. The molecule has 18 heavy (non-hydrogen) atoms. The van der Waals surface area contributed by atoms with E-state index in [1.54, 1.807) is 0 Å². The summed E-state index contributed by atoms with van der Waals surface area (Å²) in [6.45, 7) is 5.02. The highest BCUT2D eigenvalue weighted by atomic mass is 16.3. The second-order valence-corrected chi connectivity index (χ2v) is 4.82. The highest BCUT2D eigenvalue weighted by Gasteiger charge is 2.03. The Balaban J connectivity index is 2.32. The predicted octanol–water partition coefficient (Wildman–Crippen LogP) is 2.24. The second kappa shape index (κ2) is 7.88. The first-order valence-corrected chi connectivity index (χ1v) is 6.60. The van der Waals surface area contributed by atoms with Crippen LogP contribution >= 0.6 is 0 Å². The Morgan fingerprint density at radius 1 is 1.28 bits per heavy atom. The Labute approximate surface area is 109 Å². The third kappa shape index (κ3) is 5.32. The number of carbonyl (C=O) groups excluding carboxylic acids is 1. The minimum atomic E-state index is 0.0522. The molecule has 0 atom stereocenters. The molecule has 0 aliphatic heterocycles. The number of aliphatic hydroxyl groups is 1. The molecule has 0 heterocycles. The Bertz CT molecular complexity index is 357. The summed E-state index contributed by atoms with van der Waals surface area (Å²) < 4.78 is 0. The maximum absolute atomic E-state index is 11.5. The van der Waals surface area contributed by atoms with Crippen LogP contribution in [0.4, 0.5) is 0 Å². The Hall–Kier alpha value is -1.35. The molecule has 0 bridgehead atoms. The first-order valence-electron chi connectivity index (χ1n) is 6.60. The normalized spacial score (nSPS) is 10.7. The van der Waals surface area contributed by atoms with Crippen LogP contribution in [-0.4, -0.2) is 24.2 Å². The van der Waals surface area contributed by atoms with Gasteiger partial charge in [0.15, 0.2) is 0 Å². The molecule has 1 aromatic rings. The second-order valence-electron chi connectivity index (χ2n) is 4.82. The molecule has 1 aromatic carbocycles. The van der Waals surface area contributed by atoms with Crippen molar-refractivity contribution in [3.05, 3.63) is 35.4 Å². The summed E-state index contributed by atoms with van der Waals surface area (Å²) in [7, 11) is 0. The molecule has 0 saturated carbocycles. The molecule has 0 spiro atoms. The van der Waals surface area contributed by atoms with E-state index in [0.717, 1.165) is 6.42 Å². The standard InChI is InChI=1S/C15H23NO2/c1-12(2)14-7-4-13(5-8-14)6-9-15(18)16-10-3-11-17/h4-5,7-8,12,17H,3,6,9-11H2,1-2H3,(H,16,18). The molecule has 0 saturated heterocycles. The quantitative estimate of drug-likeness (QED) is 0.728. The number of amides is 1. The van der Waals surface area contributed by atoms with Gasteiger partial charge < -0.3 is 10.4 Å². The van der Waals surface area contributed by atoms with Crippen LogP contribution in [-0.2, 0) is 11.2 Å². The van der Waals surface area contributed by atoms with Crippen molar-refractivity contribution in [2.45, 2.75) is 39.0 Å². The van der Waals surface area contributed by atoms with Crippen molar-refractivity contribution in [3.63, 3.8) is 0 Å². The Morgan fingerprint density at radius 3 is 2.50 bits per heavy atom. The van der Waals surface area contributed by atoms with Crippen LogP contribution in [0, 0.1) is 0 Å². The van der Waals surface area contributed by atoms with Crippen molar-refractivity contribution in [2.24, 2.45) is 0 Å². The molecule has 0 aliphatic carbocycles. The summed E-state index contributed by atoms with van der Waals surface area (Å²) >= 11 is 0. The lowest BCUT2D eigenvalue weighted by molar-refractivity contribution is -0.121. The van der Waals surface area contributed by atoms with Gasteiger partial charge in [0.2, 0.25) is 5.91 Å². The molecule has 3 nitrogen and oxygen atoms in total. The van der Waals surface area contributed by atoms with Gasteiger partial charge in [-0.3, -0.25) is 4.79 Å². The molecule has 0 aromatic heterocycles. The van der Waals surface area contributed by atoms with E-state index in [9.17, 15) is 4.79 Å². The van der Waals surface area contributed by atoms with Crippen LogP contribution in [0.3, 0.4) is 0 Å². The van der Waals surface area contributed by atoms with Crippen molar-refractivity contribution in [1.29, 1.82) is 0 Å². The van der Waals surface area contributed by atoms with E-state index in [1.165, 1.54) is 11.1 Å². The van der Waals surface area contributed by atoms with Crippen molar-refractivity contribution >= 4 is 5.91 Å². The number of benzene rings is 1. The molecule has 1 rings (SSSR count). The average molecular weight is 249 g/mol. The molecule has 1 amide bonds. The van der Waals surface area contributed by atoms with Crippen LogP contribution < -0.4 is 5.32 Å². The summed E-state index contributed by atoms with van der Waals surface area (Å²) in [6.07, 6.45) is 1.89. The van der Waals surface area contributed by atoms with Gasteiger partial charge in [-0.1, -0.05) is 38.1 Å². The van der Waals surface area contributed by atoms with E-state index in [2.05, 4.69) is 43.4 Å². The van der Waals surface area contributed by atoms with Crippen LogP contribution in [0.15, 0.2) is 24.3 Å². The van der Waals surface area contributed by atoms with Crippen LogP contribution in [0.5, 0.6) is 0 Å². The molecular weight excluding hydrogens is 226 g/mol. The van der Waals surface area contributed by atoms with E-state index in [4.69, 9.17) is 5.11 Å². The van der Waals surface area contributed by atoms with Gasteiger partial charge in [0.25, 0.3) is 0 Å². The third-order valence-corrected chi connectivity index (χ3v) is 2.94. The van der Waals surface area contributed by atoms with Gasteiger partial charge >= 0.3 is 0 Å². The third-order valence-electron chi connectivity index (χ3n) is 2.94. The molecule has 0 unspecified atom stereocenters. The topological polar surface area (TPSA) is 49.3 Å². The van der Waals surface area contributed by atoms with Gasteiger partial charge in [-0.2, -0.15) is 0 Å². The lowest BCUT2D eigenvalue weighted by atomic mass is 10.0. The highest BCUT2D eigenvalue weighted by molar-refractivity contribution is 5.76. The molecule has 0 fully saturated rings. The van der Waals surface area contributed by atoms with Gasteiger partial charge in [-0.05, 0) is 29.9 Å². The fourth-order valence-electron chi connectivity index (χ4n) is 1.72. The zero-order valence-electron chi connectivity index (χ0n) is 11.3. The minimum absolute atomic E-state index is 0.0522. The van der Waals surface area contributed by atoms with Gasteiger partial charge in [-0.25, -0.2) is 0 Å². The van der Waals surface area contributed by atoms with Crippen LogP contribution in [0.1, 0.15) is 43.7 Å². The van der Waals surface area contributed by atoms with E-state index in [1.807, 2.05) is 0 Å². The van der Waals surface area contributed by atoms with Crippen LogP contribution in [0.2, 0.25) is 0 Å². The van der Waals surface area contributed by atoms with Gasteiger partial charge in [0, 0.05) is 19.6 Å². The van der Waals surface area contributed by atoms with Crippen molar-refractivity contribution in [1.82, 2.24) is 5.32 Å². The fraction of sp³-hybridized carbons (Fsp3) is 0.533. The lowest BCUT2D eigenvalue weighted by Gasteiger charge is -2.07. The maximum atomic E-state index is 11.5. The summed E-state index contributed by atoms with van der Waals surface area (Å²) in [5, 5.41) is 11.4. The number of hydrogen-bond acceptors (Lipinski definition) is 2. The largest absolute Gasteiger partial charge is 0.396 e. The SMILES string of the molecule is CC(C)c1ccc(CCC(=O)NCCCO)cc1. The maximum Gasteiger partial charge on any atom is 0.220 e. The van der Waals surface area contributed by atoms with E-state index < -0.39 is 0 Å². The molecule has 100 valence electrons. The van der Waals surface area contributed by atoms with E-state index >= 15 is 0 Å². The summed E-state index contributed by atoms with van der Waals surface area (Å²) in [4.78, 5) is 11.5. The molecule has 3 heteroatoms. The van der Waals surface area contributed by atoms with Crippen LogP contribution in [0.25, 0.3) is 0 Å². The number of aryl methyl sites for hydroxylation is 1. The summed E-state index contributed by atoms with van der Waals surface area (Å²) in [6, 6.07) is 8.44. The molecular formula is C15H23NO2. The predicted molar refractivity (Wildman–Crippen MR) is 73.6 cm³/mol. The zero-order valence-corrected chi connectivity index (χ0v) is 11.3. The average Bonchev–Trinajstić information content (AvgIpc) is 2.37. The highest BCUT2D eigenvalue weighted by Crippen LogP contribution is 2.15. The van der Waals surface area contributed by atoms with Gasteiger partial charge in [-0.15, -0.1) is 0 Å². The van der Waals surface area contributed by atoms with E-state index in [0.29, 0.717) is 25.3 Å². The number of hydrogen-bond donors (Lipinski definition) is 2. The first kappa shape index (κ1) is 14.7. The number of carbonyl (C=O) groups is 1. The van der Waals surface area contributed by atoms with Crippen molar-refractivity contribution in [3.8, 4) is 0 Å². The van der Waals surface area contributed by atoms with Crippen molar-refractivity contribution < 1.29 is 9.90 Å². The lowest BCUT2D eigenvalue weighted by Crippen LogP contribution is -2.25. The fourth-order valence-corrected chi connectivity index (χ4v) is 1.72. The Kier molecular flexibility index (Phi) is 6.44. The number of rotatable bonds is 7. The van der Waals surface area contributed by atoms with Gasteiger partial charge in [0.1, 0.15) is 0 Å². The number of aliphatic hydroxyl groups excluding tert-OH is 1. The van der Waals surface area contributed by atoms with Gasteiger partial charge in [0.05, 0.1) is 0 Å². The Morgan fingerprint density at radius 2 is 1.94 bits per heavy atom. The molecule has 2 N–H and O–H groups in total. The number of nitrogens with one attached hydrogen (secondary N) is 1. The monoisotopic (exact) mass is 249 g/mol. The van der Waals surface area contributed by atoms with Crippen molar-refractivity contribution in [2.75, 3.05) is 13.2 Å². The minimum Gasteiger partial charge on any atom is -0.396 e. The van der Waals surface area contributed by atoms with E-state index in [-0.39, 0.29) is 12.5 Å². The summed E-state index contributed by atoms with van der Waals surface area (Å²) in [5.41, 5.74) is 2.52. The first-order chi connectivity index (χ1) is 8.63. The molecule has 0 radical (unpaired) electrons. The zero-order chi connectivity index (χ0) is 13.4.